The maximum Gasteiger partial charge on any atom is 0.245 e. The number of rotatable bonds is 6. The maximum absolute atomic E-state index is 14.2. The number of fused-ring (bicyclic) bond motifs is 7. The van der Waals surface area contributed by atoms with E-state index < -0.39 is 0 Å². The highest BCUT2D eigenvalue weighted by atomic mass is 16.5. The van der Waals surface area contributed by atoms with E-state index in [1.807, 2.05) is 11.0 Å². The van der Waals surface area contributed by atoms with Crippen molar-refractivity contribution in [1.82, 2.24) is 4.57 Å². The average molecular weight is 593 g/mol. The number of amides is 1. The van der Waals surface area contributed by atoms with E-state index in [9.17, 15) is 4.79 Å². The van der Waals surface area contributed by atoms with Crippen molar-refractivity contribution in [2.45, 2.75) is 45.7 Å². The Bertz CT molecular complexity index is 2110. The molecule has 1 amide bonds. The first-order chi connectivity index (χ1) is 22.0. The zero-order valence-corrected chi connectivity index (χ0v) is 26.2. The van der Waals surface area contributed by atoms with Crippen LogP contribution in [0.3, 0.4) is 0 Å². The lowest BCUT2D eigenvalue weighted by molar-refractivity contribution is -0.663. The standard InChI is InChI=1S/C40H38N3O2/c1-26-19-35-36(20-27(26)2)42(23-28-15-16-29-9-4-5-10-30(29)21-28)25-41(35)18-17-38(44)43-24-32-22-31-11-6-7-12-33(31)39(32)34-13-8-14-37(45-3)40(34)43/h4-16,19-21,25,32,39H,17-18,22-24H2,1-3H3/q+1/t32-,39+/m0/s1. The van der Waals surface area contributed by atoms with E-state index in [0.29, 0.717) is 31.3 Å². The second kappa shape index (κ2) is 10.9. The first-order valence-corrected chi connectivity index (χ1v) is 16.0. The summed E-state index contributed by atoms with van der Waals surface area (Å²) in [6.45, 7) is 6.42. The van der Waals surface area contributed by atoms with Gasteiger partial charge in [0, 0.05) is 12.5 Å². The molecule has 5 nitrogen and oxygen atoms in total. The molecule has 5 aromatic carbocycles. The number of ether oxygens (including phenoxy) is 1. The number of hydrogen-bond donors (Lipinski definition) is 0. The molecule has 0 radical (unpaired) electrons. The lowest BCUT2D eigenvalue weighted by Crippen LogP contribution is -2.41. The van der Waals surface area contributed by atoms with Gasteiger partial charge in [-0.1, -0.05) is 72.8 Å². The number of imidazole rings is 1. The van der Waals surface area contributed by atoms with Crippen LogP contribution in [0.15, 0.2) is 103 Å². The van der Waals surface area contributed by atoms with Gasteiger partial charge in [-0.05, 0) is 94.6 Å². The molecule has 6 aromatic rings. The first kappa shape index (κ1) is 27.6. The van der Waals surface area contributed by atoms with Crippen LogP contribution in [0.5, 0.6) is 5.75 Å². The highest BCUT2D eigenvalue weighted by molar-refractivity contribution is 5.97. The summed E-state index contributed by atoms with van der Waals surface area (Å²) in [7, 11) is 1.71. The molecule has 1 aliphatic heterocycles. The third-order valence-electron chi connectivity index (χ3n) is 10.1. The number of aromatic nitrogens is 2. The molecule has 0 N–H and O–H groups in total. The molecule has 224 valence electrons. The summed E-state index contributed by atoms with van der Waals surface area (Å²) >= 11 is 0. The van der Waals surface area contributed by atoms with Crippen molar-refractivity contribution in [3.8, 4) is 5.75 Å². The van der Waals surface area contributed by atoms with E-state index >= 15 is 0 Å². The van der Waals surface area contributed by atoms with Crippen LogP contribution in [0.1, 0.15) is 45.7 Å². The summed E-state index contributed by atoms with van der Waals surface area (Å²) in [6.07, 6.45) is 3.60. The third-order valence-corrected chi connectivity index (χ3v) is 10.1. The minimum Gasteiger partial charge on any atom is -0.495 e. The van der Waals surface area contributed by atoms with Crippen molar-refractivity contribution >= 4 is 33.4 Å². The van der Waals surface area contributed by atoms with E-state index in [0.717, 1.165) is 29.9 Å². The van der Waals surface area contributed by atoms with Crippen LogP contribution < -0.4 is 14.2 Å². The SMILES string of the molecule is COc1cccc2c1N(C(=O)CCn1c[n+](Cc3ccc4ccccc4c3)c3cc(C)c(C)cc31)C[C@@H]1Cc3ccccc3[C@H]21. The zero-order chi connectivity index (χ0) is 30.7. The van der Waals surface area contributed by atoms with Gasteiger partial charge in [-0.25, -0.2) is 9.13 Å². The molecule has 0 spiro atoms. The normalized spacial score (nSPS) is 16.9. The number of hydrogen-bond acceptors (Lipinski definition) is 2. The Balaban J connectivity index is 1.11. The summed E-state index contributed by atoms with van der Waals surface area (Å²) in [5.74, 6) is 1.58. The molecule has 0 bridgehead atoms. The Labute approximate surface area is 264 Å². The molecule has 1 aliphatic carbocycles. The van der Waals surface area contributed by atoms with Crippen molar-refractivity contribution in [2.24, 2.45) is 5.92 Å². The van der Waals surface area contributed by atoms with Crippen molar-refractivity contribution in [1.29, 1.82) is 0 Å². The van der Waals surface area contributed by atoms with E-state index in [2.05, 4.69) is 120 Å². The summed E-state index contributed by atoms with van der Waals surface area (Å²) < 4.78 is 10.5. The molecule has 0 unspecified atom stereocenters. The number of aryl methyl sites for hydroxylation is 3. The number of benzene rings is 5. The summed E-state index contributed by atoms with van der Waals surface area (Å²) in [5, 5.41) is 2.50. The smallest absolute Gasteiger partial charge is 0.245 e. The molecule has 45 heavy (non-hydrogen) atoms. The van der Waals surface area contributed by atoms with E-state index in [-0.39, 0.29) is 5.91 Å². The quantitative estimate of drug-likeness (QED) is 0.188. The van der Waals surface area contributed by atoms with E-state index in [1.54, 1.807) is 7.11 Å². The predicted octanol–water partition coefficient (Wildman–Crippen LogP) is 7.50. The molecule has 0 fully saturated rings. The molecular formula is C40H38N3O2+. The minimum atomic E-state index is 0.141. The number of carbonyl (C=O) groups is 1. The average Bonchev–Trinajstić information content (AvgIpc) is 3.60. The Morgan fingerprint density at radius 1 is 0.867 bits per heavy atom. The van der Waals surface area contributed by atoms with E-state index in [4.69, 9.17) is 4.74 Å². The van der Waals surface area contributed by atoms with Crippen LogP contribution in [-0.4, -0.2) is 24.1 Å². The van der Waals surface area contributed by atoms with Gasteiger partial charge in [0.15, 0.2) is 11.0 Å². The van der Waals surface area contributed by atoms with Crippen LogP contribution in [0.2, 0.25) is 0 Å². The fourth-order valence-corrected chi connectivity index (χ4v) is 7.79. The van der Waals surface area contributed by atoms with Crippen LogP contribution >= 0.6 is 0 Å². The predicted molar refractivity (Wildman–Crippen MR) is 180 cm³/mol. The van der Waals surface area contributed by atoms with Crippen LogP contribution in [0.4, 0.5) is 5.69 Å². The molecule has 5 heteroatoms. The van der Waals surface area contributed by atoms with E-state index in [1.165, 1.54) is 49.7 Å². The number of carbonyl (C=O) groups excluding carboxylic acids is 1. The lowest BCUT2D eigenvalue weighted by atomic mass is 9.81. The number of methoxy groups -OCH3 is 1. The number of nitrogens with zero attached hydrogens (tertiary/aromatic N) is 3. The molecule has 0 saturated heterocycles. The second-order valence-electron chi connectivity index (χ2n) is 12.8. The Morgan fingerprint density at radius 3 is 2.51 bits per heavy atom. The largest absolute Gasteiger partial charge is 0.495 e. The monoisotopic (exact) mass is 592 g/mol. The molecule has 2 atom stereocenters. The molecule has 2 heterocycles. The molecule has 2 aliphatic rings. The molecule has 8 rings (SSSR count). The van der Waals surface area contributed by atoms with Crippen LogP contribution in [0.25, 0.3) is 21.8 Å². The summed E-state index contributed by atoms with van der Waals surface area (Å²) in [4.78, 5) is 16.2. The molecular weight excluding hydrogens is 554 g/mol. The van der Waals surface area contributed by atoms with Crippen LogP contribution in [0, 0.1) is 19.8 Å². The van der Waals surface area contributed by atoms with Crippen LogP contribution in [-0.2, 0) is 24.3 Å². The Hall–Kier alpha value is -4.90. The molecule has 0 saturated carbocycles. The van der Waals surface area contributed by atoms with Gasteiger partial charge in [-0.2, -0.15) is 0 Å². The van der Waals surface area contributed by atoms with Gasteiger partial charge in [0.1, 0.15) is 12.3 Å². The number of para-hydroxylation sites is 1. The summed E-state index contributed by atoms with van der Waals surface area (Å²) in [6, 6.07) is 34.8. The van der Waals surface area contributed by atoms with Gasteiger partial charge < -0.3 is 9.64 Å². The van der Waals surface area contributed by atoms with Gasteiger partial charge >= 0.3 is 0 Å². The summed E-state index contributed by atoms with van der Waals surface area (Å²) in [5.41, 5.74) is 11.1. The Kier molecular flexibility index (Phi) is 6.71. The highest BCUT2D eigenvalue weighted by Gasteiger charge is 2.42. The number of anilines is 1. The fourth-order valence-electron chi connectivity index (χ4n) is 7.79. The fraction of sp³-hybridized carbons (Fsp3) is 0.250. The highest BCUT2D eigenvalue weighted by Crippen LogP contribution is 2.51. The van der Waals surface area contributed by atoms with Gasteiger partial charge in [-0.3, -0.25) is 4.79 Å². The zero-order valence-electron chi connectivity index (χ0n) is 26.2. The maximum atomic E-state index is 14.2. The van der Waals surface area contributed by atoms with Crippen molar-refractivity contribution < 1.29 is 14.1 Å². The lowest BCUT2D eigenvalue weighted by Gasteiger charge is -2.38. The Morgan fingerprint density at radius 2 is 1.64 bits per heavy atom. The van der Waals surface area contributed by atoms with Gasteiger partial charge in [0.05, 0.1) is 25.8 Å². The molecule has 1 aromatic heterocycles. The van der Waals surface area contributed by atoms with Gasteiger partial charge in [0.2, 0.25) is 12.2 Å². The first-order valence-electron chi connectivity index (χ1n) is 16.0. The van der Waals surface area contributed by atoms with Gasteiger partial charge in [-0.15, -0.1) is 0 Å². The minimum absolute atomic E-state index is 0.141. The van der Waals surface area contributed by atoms with Crippen molar-refractivity contribution in [2.75, 3.05) is 18.6 Å². The van der Waals surface area contributed by atoms with Crippen molar-refractivity contribution in [3.63, 3.8) is 0 Å². The second-order valence-corrected chi connectivity index (χ2v) is 12.8. The van der Waals surface area contributed by atoms with Crippen molar-refractivity contribution in [3.05, 3.63) is 137 Å². The van der Waals surface area contributed by atoms with Gasteiger partial charge in [0.25, 0.3) is 0 Å². The topological polar surface area (TPSA) is 38.4 Å². The third kappa shape index (κ3) is 4.69.